The van der Waals surface area contributed by atoms with Gasteiger partial charge in [0.1, 0.15) is 11.6 Å². The molecule has 0 amide bonds. The van der Waals surface area contributed by atoms with Crippen molar-refractivity contribution in [3.63, 3.8) is 0 Å². The molecule has 116 valence electrons. The van der Waals surface area contributed by atoms with E-state index in [0.717, 1.165) is 31.4 Å². The van der Waals surface area contributed by atoms with Gasteiger partial charge in [-0.25, -0.2) is 18.0 Å². The third kappa shape index (κ3) is 3.10. The van der Waals surface area contributed by atoms with E-state index in [1.165, 1.54) is 7.11 Å². The number of carboxylic acid groups (broad SMARTS) is 1. The monoisotopic (exact) mass is 322 g/mol. The van der Waals surface area contributed by atoms with E-state index in [2.05, 4.69) is 0 Å². The number of aromatic carboxylic acids is 1. The molecular formula is C14H14ClF3O3. The van der Waals surface area contributed by atoms with Crippen LogP contribution in [0.2, 0.25) is 5.02 Å². The lowest BCUT2D eigenvalue weighted by molar-refractivity contribution is 0.0690. The molecule has 0 radical (unpaired) electrons. The Labute approximate surface area is 124 Å². The predicted molar refractivity (Wildman–Crippen MR) is 70.7 cm³/mol. The van der Waals surface area contributed by atoms with Crippen molar-refractivity contribution >= 4 is 17.6 Å². The Morgan fingerprint density at radius 3 is 2.33 bits per heavy atom. The van der Waals surface area contributed by atoms with Crippen molar-refractivity contribution in [2.45, 2.75) is 25.2 Å². The Morgan fingerprint density at radius 1 is 1.38 bits per heavy atom. The van der Waals surface area contributed by atoms with E-state index in [0.29, 0.717) is 0 Å². The highest BCUT2D eigenvalue weighted by Crippen LogP contribution is 2.63. The fourth-order valence-electron chi connectivity index (χ4n) is 2.65. The summed E-state index contributed by atoms with van der Waals surface area (Å²) in [6.45, 7) is 0. The summed E-state index contributed by atoms with van der Waals surface area (Å²) in [7, 11) is 1.32. The molecule has 1 aromatic carbocycles. The second kappa shape index (κ2) is 5.75. The quantitative estimate of drug-likeness (QED) is 0.886. The normalized spacial score (nSPS) is 24.6. The van der Waals surface area contributed by atoms with Crippen LogP contribution < -0.4 is 4.74 Å². The molecule has 21 heavy (non-hydrogen) atoms. The lowest BCUT2D eigenvalue weighted by atomic mass is 10.2. The minimum Gasteiger partial charge on any atom is -0.495 e. The van der Waals surface area contributed by atoms with Gasteiger partial charge >= 0.3 is 5.97 Å². The molecule has 3 rings (SSSR count). The van der Waals surface area contributed by atoms with Gasteiger partial charge in [0.25, 0.3) is 5.92 Å². The first kappa shape index (κ1) is 15.9. The molecule has 2 unspecified atom stereocenters. The van der Waals surface area contributed by atoms with Crippen LogP contribution in [0.3, 0.4) is 0 Å². The zero-order valence-corrected chi connectivity index (χ0v) is 12.0. The van der Waals surface area contributed by atoms with Crippen molar-refractivity contribution in [1.82, 2.24) is 0 Å². The Bertz CT molecular complexity index is 551. The Kier molecular flexibility index (Phi) is 4.37. The molecule has 7 heteroatoms. The number of halogens is 4. The van der Waals surface area contributed by atoms with E-state index in [-0.39, 0.29) is 22.6 Å². The SMILES string of the molecule is COc1cc(F)c(C(=O)O)cc1Cl.FC1(F)C2CCCC21. The molecule has 0 aliphatic heterocycles. The highest BCUT2D eigenvalue weighted by molar-refractivity contribution is 6.32. The van der Waals surface area contributed by atoms with Gasteiger partial charge in [-0.2, -0.15) is 0 Å². The summed E-state index contributed by atoms with van der Waals surface area (Å²) in [5.41, 5.74) is -0.467. The van der Waals surface area contributed by atoms with Crippen molar-refractivity contribution in [2.24, 2.45) is 11.8 Å². The van der Waals surface area contributed by atoms with Gasteiger partial charge in [0.2, 0.25) is 0 Å². The second-order valence-electron chi connectivity index (χ2n) is 5.09. The number of methoxy groups -OCH3 is 1. The Morgan fingerprint density at radius 2 is 1.95 bits per heavy atom. The number of fused-ring (bicyclic) bond motifs is 1. The van der Waals surface area contributed by atoms with Crippen molar-refractivity contribution in [3.05, 3.63) is 28.5 Å². The molecule has 2 aliphatic rings. The number of carbonyl (C=O) groups is 1. The minimum absolute atomic E-state index is 0.0706. The summed E-state index contributed by atoms with van der Waals surface area (Å²) in [6, 6.07) is 1.95. The largest absolute Gasteiger partial charge is 0.495 e. The van der Waals surface area contributed by atoms with Crippen LogP contribution in [-0.4, -0.2) is 24.1 Å². The number of hydrogen-bond acceptors (Lipinski definition) is 2. The summed E-state index contributed by atoms with van der Waals surface area (Å²) in [5.74, 6) is -4.76. The second-order valence-corrected chi connectivity index (χ2v) is 5.50. The standard InChI is InChI=1S/C8H6ClFO3.C6H8F2/c1-13-7-3-6(10)4(8(11)12)2-5(7)9;7-6(8)4-2-1-3-5(4)6/h2-3H,1H3,(H,11,12);4-5H,1-3H2. The highest BCUT2D eigenvalue weighted by atomic mass is 35.5. The fourth-order valence-corrected chi connectivity index (χ4v) is 2.90. The summed E-state index contributed by atoms with van der Waals surface area (Å²) in [5, 5.41) is 8.58. The van der Waals surface area contributed by atoms with Crippen LogP contribution in [0, 0.1) is 17.7 Å². The molecule has 2 fully saturated rings. The summed E-state index contributed by atoms with van der Waals surface area (Å²) < 4.78 is 42.1. The molecule has 2 aliphatic carbocycles. The van der Waals surface area contributed by atoms with Gasteiger partial charge in [0, 0.05) is 17.9 Å². The highest BCUT2D eigenvalue weighted by Gasteiger charge is 2.69. The first-order valence-electron chi connectivity index (χ1n) is 6.43. The third-order valence-electron chi connectivity index (χ3n) is 3.87. The van der Waals surface area contributed by atoms with Crippen molar-refractivity contribution in [1.29, 1.82) is 0 Å². The van der Waals surface area contributed by atoms with E-state index in [1.807, 2.05) is 0 Å². The predicted octanol–water partition coefficient (Wildman–Crippen LogP) is 4.24. The lowest BCUT2D eigenvalue weighted by Crippen LogP contribution is -2.01. The number of hydrogen-bond donors (Lipinski definition) is 1. The van der Waals surface area contributed by atoms with Crippen LogP contribution in [0.4, 0.5) is 13.2 Å². The molecule has 0 saturated heterocycles. The van der Waals surface area contributed by atoms with E-state index in [1.54, 1.807) is 0 Å². The smallest absolute Gasteiger partial charge is 0.338 e. The van der Waals surface area contributed by atoms with Crippen molar-refractivity contribution in [2.75, 3.05) is 7.11 Å². The average Bonchev–Trinajstić information content (AvgIpc) is 2.84. The number of alkyl halides is 2. The molecule has 2 saturated carbocycles. The molecule has 0 bridgehead atoms. The summed E-state index contributed by atoms with van der Waals surface area (Å²) in [4.78, 5) is 10.4. The molecule has 2 atom stereocenters. The Balaban J connectivity index is 0.000000170. The molecule has 0 aromatic heterocycles. The summed E-state index contributed by atoms with van der Waals surface area (Å²) >= 11 is 5.59. The van der Waals surface area contributed by atoms with Crippen LogP contribution >= 0.6 is 11.6 Å². The molecule has 0 spiro atoms. The fraction of sp³-hybridized carbons (Fsp3) is 0.500. The van der Waals surface area contributed by atoms with E-state index in [9.17, 15) is 18.0 Å². The maximum Gasteiger partial charge on any atom is 0.338 e. The zero-order chi connectivity index (χ0) is 15.8. The van der Waals surface area contributed by atoms with Gasteiger partial charge in [-0.15, -0.1) is 0 Å². The van der Waals surface area contributed by atoms with E-state index >= 15 is 0 Å². The van der Waals surface area contributed by atoms with Gasteiger partial charge in [0.15, 0.2) is 0 Å². The van der Waals surface area contributed by atoms with Gasteiger partial charge in [-0.1, -0.05) is 18.0 Å². The number of rotatable bonds is 2. The van der Waals surface area contributed by atoms with Gasteiger partial charge < -0.3 is 9.84 Å². The molecular weight excluding hydrogens is 309 g/mol. The van der Waals surface area contributed by atoms with E-state index in [4.69, 9.17) is 21.4 Å². The zero-order valence-electron chi connectivity index (χ0n) is 11.2. The first-order valence-corrected chi connectivity index (χ1v) is 6.81. The van der Waals surface area contributed by atoms with Crippen LogP contribution in [0.1, 0.15) is 29.6 Å². The maximum atomic E-state index is 12.9. The number of benzene rings is 1. The van der Waals surface area contributed by atoms with Crippen LogP contribution in [0.15, 0.2) is 12.1 Å². The van der Waals surface area contributed by atoms with Crippen LogP contribution in [0.25, 0.3) is 0 Å². The first-order chi connectivity index (χ1) is 9.78. The molecule has 1 aromatic rings. The van der Waals surface area contributed by atoms with Crippen LogP contribution in [0.5, 0.6) is 5.75 Å². The number of carboxylic acids is 1. The van der Waals surface area contributed by atoms with Gasteiger partial charge in [-0.3, -0.25) is 0 Å². The average molecular weight is 323 g/mol. The minimum atomic E-state index is -2.24. The summed E-state index contributed by atoms with van der Waals surface area (Å²) in [6.07, 6.45) is 2.58. The lowest BCUT2D eigenvalue weighted by Gasteiger charge is -2.04. The molecule has 0 heterocycles. The van der Waals surface area contributed by atoms with Crippen LogP contribution in [-0.2, 0) is 0 Å². The van der Waals surface area contributed by atoms with Crippen molar-refractivity contribution in [3.8, 4) is 5.75 Å². The Hall–Kier alpha value is -1.43. The third-order valence-corrected chi connectivity index (χ3v) is 4.16. The van der Waals surface area contributed by atoms with Gasteiger partial charge in [0.05, 0.1) is 17.7 Å². The number of ether oxygens (including phenoxy) is 1. The van der Waals surface area contributed by atoms with E-state index < -0.39 is 23.3 Å². The van der Waals surface area contributed by atoms with Crippen molar-refractivity contribution < 1.29 is 27.8 Å². The maximum absolute atomic E-state index is 12.9. The molecule has 3 nitrogen and oxygen atoms in total. The molecule has 1 N–H and O–H groups in total. The topological polar surface area (TPSA) is 46.5 Å². The van der Waals surface area contributed by atoms with Gasteiger partial charge in [-0.05, 0) is 18.9 Å².